The van der Waals surface area contributed by atoms with Gasteiger partial charge in [-0.2, -0.15) is 0 Å². The summed E-state index contributed by atoms with van der Waals surface area (Å²) in [5.74, 6) is 0.839. The van der Waals surface area contributed by atoms with Crippen LogP contribution in [-0.4, -0.2) is 7.05 Å². The van der Waals surface area contributed by atoms with E-state index in [0.717, 1.165) is 5.92 Å². The van der Waals surface area contributed by atoms with Gasteiger partial charge in [0.2, 0.25) is 0 Å². The van der Waals surface area contributed by atoms with Gasteiger partial charge in [0.15, 0.2) is 0 Å². The summed E-state index contributed by atoms with van der Waals surface area (Å²) in [6.45, 7) is 0. The van der Waals surface area contributed by atoms with Gasteiger partial charge in [0.1, 0.15) is 0 Å². The topological polar surface area (TPSA) is 12.0 Å². The molecule has 0 radical (unpaired) electrons. The van der Waals surface area contributed by atoms with Gasteiger partial charge in [0.05, 0.1) is 0 Å². The van der Waals surface area contributed by atoms with Crippen molar-refractivity contribution in [3.63, 3.8) is 0 Å². The standard InChI is InChI=1S/C14H21N/c1-15-14(12-8-4-2-5-9-12)13-10-6-3-7-11-13/h2,4-5,8-9,13-15H,3,6-7,10-11H2,1H3/t14-/m1/s1. The highest BCUT2D eigenvalue weighted by molar-refractivity contribution is 5.19. The van der Waals surface area contributed by atoms with E-state index in [0.29, 0.717) is 6.04 Å². The van der Waals surface area contributed by atoms with E-state index >= 15 is 0 Å². The fourth-order valence-electron chi connectivity index (χ4n) is 2.80. The largest absolute Gasteiger partial charge is 0.313 e. The minimum Gasteiger partial charge on any atom is -0.313 e. The summed E-state index contributed by atoms with van der Waals surface area (Å²) in [4.78, 5) is 0. The molecule has 0 bridgehead atoms. The molecule has 1 aromatic rings. The maximum absolute atomic E-state index is 3.49. The molecule has 1 saturated carbocycles. The number of benzene rings is 1. The molecule has 1 heteroatoms. The summed E-state index contributed by atoms with van der Waals surface area (Å²) in [6, 6.07) is 11.4. The molecule has 1 aromatic carbocycles. The molecular weight excluding hydrogens is 182 g/mol. The molecule has 0 amide bonds. The lowest BCUT2D eigenvalue weighted by atomic mass is 9.81. The molecule has 1 atom stereocenters. The SMILES string of the molecule is CN[C@H](c1ccccc1)C1CCCCC1. The molecule has 82 valence electrons. The quantitative estimate of drug-likeness (QED) is 0.792. The van der Waals surface area contributed by atoms with Crippen molar-refractivity contribution in [2.75, 3.05) is 7.05 Å². The molecule has 0 unspecified atom stereocenters. The van der Waals surface area contributed by atoms with Crippen molar-refractivity contribution in [3.05, 3.63) is 35.9 Å². The molecule has 0 spiro atoms. The third-order valence-corrected chi connectivity index (χ3v) is 3.59. The Labute approximate surface area is 92.9 Å². The van der Waals surface area contributed by atoms with Crippen molar-refractivity contribution >= 4 is 0 Å². The van der Waals surface area contributed by atoms with Gasteiger partial charge in [-0.25, -0.2) is 0 Å². The Morgan fingerprint density at radius 2 is 1.73 bits per heavy atom. The zero-order valence-corrected chi connectivity index (χ0v) is 9.58. The molecule has 0 aromatic heterocycles. The fourth-order valence-corrected chi connectivity index (χ4v) is 2.80. The van der Waals surface area contributed by atoms with Crippen LogP contribution in [0.5, 0.6) is 0 Å². The summed E-state index contributed by atoms with van der Waals surface area (Å²) < 4.78 is 0. The van der Waals surface area contributed by atoms with E-state index in [9.17, 15) is 0 Å². The highest BCUT2D eigenvalue weighted by Gasteiger charge is 2.23. The second-order valence-electron chi connectivity index (χ2n) is 4.58. The third kappa shape index (κ3) is 2.60. The van der Waals surface area contributed by atoms with Crippen molar-refractivity contribution in [3.8, 4) is 0 Å². The lowest BCUT2D eigenvalue weighted by Crippen LogP contribution is -2.26. The summed E-state index contributed by atoms with van der Waals surface area (Å²) in [6.07, 6.45) is 7.04. The van der Waals surface area contributed by atoms with Gasteiger partial charge in [-0.1, -0.05) is 49.6 Å². The Kier molecular flexibility index (Phi) is 3.79. The summed E-state index contributed by atoms with van der Waals surface area (Å²) in [5, 5.41) is 3.49. The van der Waals surface area contributed by atoms with Crippen LogP contribution in [0.1, 0.15) is 43.7 Å². The van der Waals surface area contributed by atoms with E-state index in [4.69, 9.17) is 0 Å². The van der Waals surface area contributed by atoms with E-state index in [2.05, 4.69) is 42.7 Å². The summed E-state index contributed by atoms with van der Waals surface area (Å²) >= 11 is 0. The molecule has 2 rings (SSSR count). The Morgan fingerprint density at radius 3 is 2.33 bits per heavy atom. The van der Waals surface area contributed by atoms with Crippen LogP contribution >= 0.6 is 0 Å². The van der Waals surface area contributed by atoms with Crippen LogP contribution in [0, 0.1) is 5.92 Å². The van der Waals surface area contributed by atoms with Crippen molar-refractivity contribution < 1.29 is 0 Å². The van der Waals surface area contributed by atoms with Crippen LogP contribution in [0.25, 0.3) is 0 Å². The van der Waals surface area contributed by atoms with Gasteiger partial charge in [-0.05, 0) is 31.4 Å². The van der Waals surface area contributed by atoms with Gasteiger partial charge in [-0.3, -0.25) is 0 Å². The van der Waals surface area contributed by atoms with Gasteiger partial charge in [0.25, 0.3) is 0 Å². The minimum absolute atomic E-state index is 0.562. The average molecular weight is 203 g/mol. The highest BCUT2D eigenvalue weighted by atomic mass is 14.9. The molecule has 1 nitrogen and oxygen atoms in total. The zero-order valence-electron chi connectivity index (χ0n) is 9.58. The molecule has 1 N–H and O–H groups in total. The number of hydrogen-bond acceptors (Lipinski definition) is 1. The van der Waals surface area contributed by atoms with Crippen LogP contribution in [0.4, 0.5) is 0 Å². The molecule has 0 heterocycles. The first-order chi connectivity index (χ1) is 7.42. The second kappa shape index (κ2) is 5.32. The Balaban J connectivity index is 2.09. The molecule has 15 heavy (non-hydrogen) atoms. The second-order valence-corrected chi connectivity index (χ2v) is 4.58. The van der Waals surface area contributed by atoms with Crippen molar-refractivity contribution in [2.24, 2.45) is 5.92 Å². The molecule has 0 saturated heterocycles. The number of hydrogen-bond donors (Lipinski definition) is 1. The molecule has 1 aliphatic rings. The van der Waals surface area contributed by atoms with Gasteiger partial charge in [0, 0.05) is 6.04 Å². The van der Waals surface area contributed by atoms with E-state index in [-0.39, 0.29) is 0 Å². The maximum Gasteiger partial charge on any atom is 0.0346 e. The summed E-state index contributed by atoms with van der Waals surface area (Å²) in [7, 11) is 2.09. The maximum atomic E-state index is 3.49. The first-order valence-corrected chi connectivity index (χ1v) is 6.14. The minimum atomic E-state index is 0.562. The van der Waals surface area contributed by atoms with Gasteiger partial charge >= 0.3 is 0 Å². The van der Waals surface area contributed by atoms with Gasteiger partial charge in [-0.15, -0.1) is 0 Å². The number of nitrogens with one attached hydrogen (secondary N) is 1. The van der Waals surface area contributed by atoms with E-state index < -0.39 is 0 Å². The lowest BCUT2D eigenvalue weighted by molar-refractivity contribution is 0.281. The van der Waals surface area contributed by atoms with Crippen molar-refractivity contribution in [1.82, 2.24) is 5.32 Å². The van der Waals surface area contributed by atoms with Crippen molar-refractivity contribution in [2.45, 2.75) is 38.1 Å². The van der Waals surface area contributed by atoms with Crippen LogP contribution < -0.4 is 5.32 Å². The predicted octanol–water partition coefficient (Wildman–Crippen LogP) is 3.53. The Bertz CT molecular complexity index is 275. The van der Waals surface area contributed by atoms with Crippen LogP contribution in [0.2, 0.25) is 0 Å². The Morgan fingerprint density at radius 1 is 1.07 bits per heavy atom. The predicted molar refractivity (Wildman–Crippen MR) is 64.8 cm³/mol. The normalized spacial score (nSPS) is 20.1. The zero-order chi connectivity index (χ0) is 10.5. The van der Waals surface area contributed by atoms with Crippen LogP contribution in [0.15, 0.2) is 30.3 Å². The van der Waals surface area contributed by atoms with E-state index in [1.807, 2.05) is 0 Å². The van der Waals surface area contributed by atoms with Gasteiger partial charge < -0.3 is 5.32 Å². The summed E-state index contributed by atoms with van der Waals surface area (Å²) in [5.41, 5.74) is 1.45. The first-order valence-electron chi connectivity index (χ1n) is 6.14. The average Bonchev–Trinajstić information content (AvgIpc) is 2.33. The molecule has 1 fully saturated rings. The van der Waals surface area contributed by atoms with E-state index in [1.54, 1.807) is 0 Å². The van der Waals surface area contributed by atoms with Crippen molar-refractivity contribution in [1.29, 1.82) is 0 Å². The number of rotatable bonds is 3. The fraction of sp³-hybridized carbons (Fsp3) is 0.571. The molecule has 0 aliphatic heterocycles. The van der Waals surface area contributed by atoms with Crippen LogP contribution in [-0.2, 0) is 0 Å². The Hall–Kier alpha value is -0.820. The van der Waals surface area contributed by atoms with E-state index in [1.165, 1.54) is 37.7 Å². The lowest BCUT2D eigenvalue weighted by Gasteiger charge is -2.30. The smallest absolute Gasteiger partial charge is 0.0346 e. The first kappa shape index (κ1) is 10.7. The molecular formula is C14H21N. The van der Waals surface area contributed by atoms with Crippen LogP contribution in [0.3, 0.4) is 0 Å². The third-order valence-electron chi connectivity index (χ3n) is 3.59. The monoisotopic (exact) mass is 203 g/mol. The molecule has 1 aliphatic carbocycles. The highest BCUT2D eigenvalue weighted by Crippen LogP contribution is 2.33.